The Balaban J connectivity index is 1.50. The summed E-state index contributed by atoms with van der Waals surface area (Å²) in [6.45, 7) is 0. The van der Waals surface area contributed by atoms with Gasteiger partial charge in [-0.15, -0.1) is 11.3 Å². The normalized spacial score (nSPS) is 11.1. The third-order valence-electron chi connectivity index (χ3n) is 4.01. The second-order valence-corrected chi connectivity index (χ2v) is 8.18. The molecule has 2 aromatic heterocycles. The Morgan fingerprint density at radius 1 is 1.10 bits per heavy atom. The lowest BCUT2D eigenvalue weighted by atomic mass is 10.2. The fourth-order valence-corrected chi connectivity index (χ4v) is 4.31. The highest BCUT2D eigenvalue weighted by Crippen LogP contribution is 2.36. The summed E-state index contributed by atoms with van der Waals surface area (Å²) in [6.07, 6.45) is 1.38. The average Bonchev–Trinajstić information content (AvgIpc) is 3.33. The van der Waals surface area contributed by atoms with Crippen LogP contribution in [0, 0.1) is 0 Å². The van der Waals surface area contributed by atoms with Gasteiger partial charge < -0.3 is 9.15 Å². The minimum absolute atomic E-state index is 0.109. The van der Waals surface area contributed by atoms with Crippen molar-refractivity contribution in [3.8, 4) is 5.75 Å². The molecule has 0 atom stereocenters. The van der Waals surface area contributed by atoms with Gasteiger partial charge in [0.2, 0.25) is 0 Å². The number of rotatable bonds is 5. The number of hydrogen-bond donors (Lipinski definition) is 1. The lowest BCUT2D eigenvalue weighted by molar-refractivity contribution is 0.0739. The van der Waals surface area contributed by atoms with Crippen LogP contribution in [0.2, 0.25) is 5.02 Å². The molecule has 0 saturated heterocycles. The average molecular weight is 504 g/mol. The molecule has 2 heterocycles. The van der Waals surface area contributed by atoms with Crippen molar-refractivity contribution in [2.45, 2.75) is 0 Å². The third-order valence-corrected chi connectivity index (χ3v) is 6.09. The molecule has 2 aromatic carbocycles. The summed E-state index contributed by atoms with van der Waals surface area (Å²) in [7, 11) is 0. The van der Waals surface area contributed by atoms with Crippen molar-refractivity contribution in [1.29, 1.82) is 0 Å². The minimum Gasteiger partial charge on any atom is -0.444 e. The van der Waals surface area contributed by atoms with Gasteiger partial charge in [0.05, 0.1) is 11.2 Å². The Bertz CT molecular complexity index is 1280. The van der Waals surface area contributed by atoms with E-state index in [4.69, 9.17) is 20.8 Å². The predicted molar refractivity (Wildman–Crippen MR) is 120 cm³/mol. The van der Waals surface area contributed by atoms with E-state index in [1.54, 1.807) is 30.3 Å². The molecule has 1 N–H and O–H groups in total. The number of hydrazone groups is 1. The Morgan fingerprint density at radius 2 is 1.87 bits per heavy atom. The number of thiophene rings is 1. The van der Waals surface area contributed by atoms with Crippen molar-refractivity contribution in [3.63, 3.8) is 0 Å². The fourth-order valence-electron chi connectivity index (χ4n) is 2.62. The number of esters is 1. The first-order valence-electron chi connectivity index (χ1n) is 8.60. The highest BCUT2D eigenvalue weighted by atomic mass is 79.9. The number of ether oxygens (including phenoxy) is 1. The SMILES string of the molecule is O=C(N/N=C\c1ccccc1OC(=O)c1sc2ccccc2c1Cl)c1ccc(Br)o1. The standard InChI is InChI=1S/C21H12BrClN2O4S/c22-17-10-9-15(28-17)20(26)25-24-11-12-5-1-3-7-14(12)29-21(27)19-18(23)13-6-2-4-8-16(13)30-19/h1-11H,(H,25,26)/b24-11-. The van der Waals surface area contributed by atoms with Gasteiger partial charge in [-0.05, 0) is 46.3 Å². The van der Waals surface area contributed by atoms with Gasteiger partial charge in [0, 0.05) is 15.6 Å². The smallest absolute Gasteiger partial charge is 0.355 e. The Hall–Kier alpha value is -2.94. The first-order chi connectivity index (χ1) is 14.5. The van der Waals surface area contributed by atoms with E-state index in [1.807, 2.05) is 24.3 Å². The maximum Gasteiger partial charge on any atom is 0.355 e. The minimum atomic E-state index is -0.563. The molecular formula is C21H12BrClN2O4S. The quantitative estimate of drug-likeness (QED) is 0.159. The maximum absolute atomic E-state index is 12.7. The highest BCUT2D eigenvalue weighted by molar-refractivity contribution is 9.10. The van der Waals surface area contributed by atoms with Gasteiger partial charge in [0.1, 0.15) is 10.6 Å². The van der Waals surface area contributed by atoms with Crippen LogP contribution in [0.3, 0.4) is 0 Å². The molecule has 4 aromatic rings. The number of furan rings is 1. The van der Waals surface area contributed by atoms with E-state index in [9.17, 15) is 9.59 Å². The van der Waals surface area contributed by atoms with Gasteiger partial charge in [-0.25, -0.2) is 10.2 Å². The largest absolute Gasteiger partial charge is 0.444 e. The molecule has 0 unspecified atom stereocenters. The first kappa shape index (κ1) is 20.3. The molecule has 30 heavy (non-hydrogen) atoms. The monoisotopic (exact) mass is 502 g/mol. The van der Waals surface area contributed by atoms with Gasteiger partial charge in [0.15, 0.2) is 10.4 Å². The van der Waals surface area contributed by atoms with Crippen LogP contribution in [0.5, 0.6) is 5.75 Å². The van der Waals surface area contributed by atoms with Crippen molar-refractivity contribution in [3.05, 3.63) is 86.6 Å². The molecular weight excluding hydrogens is 492 g/mol. The number of nitrogens with zero attached hydrogens (tertiary/aromatic N) is 1. The third kappa shape index (κ3) is 4.30. The number of nitrogens with one attached hydrogen (secondary N) is 1. The number of fused-ring (bicyclic) bond motifs is 1. The molecule has 150 valence electrons. The molecule has 0 radical (unpaired) electrons. The summed E-state index contributed by atoms with van der Waals surface area (Å²) in [5.74, 6) is -0.678. The second kappa shape index (κ2) is 8.83. The second-order valence-electron chi connectivity index (χ2n) is 5.97. The van der Waals surface area contributed by atoms with Gasteiger partial charge in [-0.1, -0.05) is 41.9 Å². The number of carbonyl (C=O) groups is 2. The van der Waals surface area contributed by atoms with E-state index >= 15 is 0 Å². The van der Waals surface area contributed by atoms with Crippen LogP contribution < -0.4 is 10.2 Å². The van der Waals surface area contributed by atoms with Crippen molar-refractivity contribution < 1.29 is 18.7 Å². The van der Waals surface area contributed by atoms with Crippen molar-refractivity contribution >= 4 is 67.0 Å². The number of para-hydroxylation sites is 1. The van der Waals surface area contributed by atoms with Crippen LogP contribution in [-0.2, 0) is 0 Å². The molecule has 0 aliphatic heterocycles. The van der Waals surface area contributed by atoms with E-state index in [-0.39, 0.29) is 11.5 Å². The molecule has 1 amide bonds. The van der Waals surface area contributed by atoms with Crippen LogP contribution in [0.25, 0.3) is 10.1 Å². The zero-order valence-electron chi connectivity index (χ0n) is 15.1. The molecule has 0 spiro atoms. The summed E-state index contributed by atoms with van der Waals surface area (Å²) in [5, 5.41) is 5.07. The number of hydrogen-bond acceptors (Lipinski definition) is 6. The molecule has 0 aliphatic carbocycles. The van der Waals surface area contributed by atoms with Crippen molar-refractivity contribution in [1.82, 2.24) is 5.43 Å². The maximum atomic E-state index is 12.7. The van der Waals surface area contributed by atoms with Gasteiger partial charge in [-0.3, -0.25) is 4.79 Å². The van der Waals surface area contributed by atoms with Crippen molar-refractivity contribution in [2.24, 2.45) is 5.10 Å². The number of carbonyl (C=O) groups excluding carboxylic acids is 2. The van der Waals surface area contributed by atoms with E-state index in [0.717, 1.165) is 10.1 Å². The van der Waals surface area contributed by atoms with E-state index < -0.39 is 11.9 Å². The van der Waals surface area contributed by atoms with E-state index in [2.05, 4.69) is 26.5 Å². The Kier molecular flexibility index (Phi) is 5.98. The van der Waals surface area contributed by atoms with Crippen LogP contribution in [-0.4, -0.2) is 18.1 Å². The molecule has 0 aliphatic rings. The molecule has 4 rings (SSSR count). The van der Waals surface area contributed by atoms with Gasteiger partial charge >= 0.3 is 11.9 Å². The molecule has 9 heteroatoms. The summed E-state index contributed by atoms with van der Waals surface area (Å²) < 4.78 is 12.0. The van der Waals surface area contributed by atoms with Crippen LogP contribution >= 0.6 is 38.9 Å². The van der Waals surface area contributed by atoms with Gasteiger partial charge in [-0.2, -0.15) is 5.10 Å². The fraction of sp³-hybridized carbons (Fsp3) is 0. The first-order valence-corrected chi connectivity index (χ1v) is 10.6. The Labute approximate surface area is 188 Å². The van der Waals surface area contributed by atoms with E-state index in [0.29, 0.717) is 20.1 Å². The number of amides is 1. The lowest BCUT2D eigenvalue weighted by Crippen LogP contribution is -2.17. The van der Waals surface area contributed by atoms with Crippen LogP contribution in [0.4, 0.5) is 0 Å². The molecule has 0 saturated carbocycles. The summed E-state index contributed by atoms with van der Waals surface area (Å²) >= 11 is 10.8. The topological polar surface area (TPSA) is 80.9 Å². The lowest BCUT2D eigenvalue weighted by Gasteiger charge is -2.06. The number of benzene rings is 2. The molecule has 0 bridgehead atoms. The molecule has 6 nitrogen and oxygen atoms in total. The van der Waals surface area contributed by atoms with Crippen LogP contribution in [0.15, 0.2) is 74.9 Å². The van der Waals surface area contributed by atoms with E-state index in [1.165, 1.54) is 23.6 Å². The highest BCUT2D eigenvalue weighted by Gasteiger charge is 2.19. The summed E-state index contributed by atoms with van der Waals surface area (Å²) in [5.41, 5.74) is 2.86. The summed E-state index contributed by atoms with van der Waals surface area (Å²) in [4.78, 5) is 25.0. The van der Waals surface area contributed by atoms with Gasteiger partial charge in [0.25, 0.3) is 0 Å². The zero-order chi connectivity index (χ0) is 21.1. The molecule has 0 fully saturated rings. The van der Waals surface area contributed by atoms with Crippen molar-refractivity contribution in [2.75, 3.05) is 0 Å². The number of halogens is 2. The summed E-state index contributed by atoms with van der Waals surface area (Å²) in [6, 6.07) is 17.4. The predicted octanol–water partition coefficient (Wildman–Crippen LogP) is 5.89. The van der Waals surface area contributed by atoms with Crippen LogP contribution in [0.1, 0.15) is 25.8 Å². The Morgan fingerprint density at radius 3 is 2.63 bits per heavy atom. The zero-order valence-corrected chi connectivity index (χ0v) is 18.3.